The monoisotopic (exact) mass is 665 g/mol. The van der Waals surface area contributed by atoms with E-state index in [1.54, 1.807) is 0 Å². The van der Waals surface area contributed by atoms with E-state index in [0.717, 1.165) is 70.9 Å². The molecule has 0 spiro atoms. The summed E-state index contributed by atoms with van der Waals surface area (Å²) in [5, 5.41) is 46.1. The number of carbonyl (C=O) groups excluding carboxylic acids is 2. The summed E-state index contributed by atoms with van der Waals surface area (Å²) in [7, 11) is 0. The molecular formula is C36H68N6O5. The first-order chi connectivity index (χ1) is 22.5. The van der Waals surface area contributed by atoms with E-state index >= 15 is 0 Å². The van der Waals surface area contributed by atoms with Crippen molar-refractivity contribution < 1.29 is 24.9 Å². The van der Waals surface area contributed by atoms with Gasteiger partial charge in [0.15, 0.2) is 0 Å². The minimum atomic E-state index is -0.435. The molecule has 0 heterocycles. The fraction of sp³-hybridized carbons (Fsp3) is 0.944. The van der Waals surface area contributed by atoms with E-state index in [-0.39, 0.29) is 77.2 Å². The molecule has 4 rings (SSSR count). The van der Waals surface area contributed by atoms with Gasteiger partial charge in [0.1, 0.15) is 0 Å². The Morgan fingerprint density at radius 1 is 0.872 bits per heavy atom. The molecule has 4 fully saturated rings. The predicted molar refractivity (Wildman–Crippen MR) is 185 cm³/mol. The van der Waals surface area contributed by atoms with Gasteiger partial charge in [-0.15, -0.1) is 0 Å². The van der Waals surface area contributed by atoms with Crippen LogP contribution in [0.4, 0.5) is 0 Å². The number of aliphatic hydroxyl groups excluding tert-OH is 3. The number of fused-ring (bicyclic) bond motifs is 5. The second-order valence-corrected chi connectivity index (χ2v) is 16.0. The SMILES string of the molecule is CC(CCC(=O)NCNC(=O)C(CCCNCCCN)NCCCN)C1CCC2C3C(O)CC4CC(O)CCC4(C)C3CC(O)C12C. The molecule has 0 aromatic rings. The lowest BCUT2D eigenvalue weighted by Crippen LogP contribution is -2.62. The van der Waals surface area contributed by atoms with Crippen LogP contribution < -0.4 is 32.7 Å². The highest BCUT2D eigenvalue weighted by Crippen LogP contribution is 2.68. The smallest absolute Gasteiger partial charge is 0.238 e. The third-order valence-electron chi connectivity index (χ3n) is 13.4. The summed E-state index contributed by atoms with van der Waals surface area (Å²) in [5.41, 5.74) is 11.0. The van der Waals surface area contributed by atoms with Crippen molar-refractivity contribution in [2.24, 2.45) is 57.8 Å². The Bertz CT molecular complexity index is 1000. The van der Waals surface area contributed by atoms with Crippen LogP contribution in [-0.4, -0.2) is 90.9 Å². The summed E-state index contributed by atoms with van der Waals surface area (Å²) >= 11 is 0. The Labute approximate surface area is 283 Å². The summed E-state index contributed by atoms with van der Waals surface area (Å²) in [5.74, 6) is 1.37. The molecule has 4 saturated carbocycles. The number of nitrogens with two attached hydrogens (primary N) is 2. The summed E-state index contributed by atoms with van der Waals surface area (Å²) in [4.78, 5) is 25.8. The molecule has 11 nitrogen and oxygen atoms in total. The predicted octanol–water partition coefficient (Wildman–Crippen LogP) is 1.58. The van der Waals surface area contributed by atoms with Gasteiger partial charge in [0, 0.05) is 6.42 Å². The van der Waals surface area contributed by atoms with Crippen molar-refractivity contribution >= 4 is 11.8 Å². The maximum absolute atomic E-state index is 12.9. The second-order valence-electron chi connectivity index (χ2n) is 16.0. The highest BCUT2D eigenvalue weighted by molar-refractivity contribution is 5.82. The van der Waals surface area contributed by atoms with Gasteiger partial charge in [0.25, 0.3) is 0 Å². The minimum Gasteiger partial charge on any atom is -0.393 e. The molecule has 4 aliphatic carbocycles. The molecule has 0 aromatic heterocycles. The van der Waals surface area contributed by atoms with E-state index in [1.165, 1.54) is 0 Å². The molecule has 0 aromatic carbocycles. The van der Waals surface area contributed by atoms with Gasteiger partial charge in [-0.1, -0.05) is 20.8 Å². The van der Waals surface area contributed by atoms with Crippen LogP contribution in [0, 0.1) is 46.3 Å². The third-order valence-corrected chi connectivity index (χ3v) is 13.4. The van der Waals surface area contributed by atoms with E-state index in [1.807, 2.05) is 0 Å². The quantitative estimate of drug-likeness (QED) is 0.0772. The van der Waals surface area contributed by atoms with Crippen LogP contribution in [0.25, 0.3) is 0 Å². The van der Waals surface area contributed by atoms with Crippen LogP contribution in [0.5, 0.6) is 0 Å². The van der Waals surface area contributed by atoms with E-state index in [2.05, 4.69) is 42.0 Å². The largest absolute Gasteiger partial charge is 0.393 e. The zero-order valence-electron chi connectivity index (χ0n) is 29.5. The maximum Gasteiger partial charge on any atom is 0.238 e. The molecule has 12 unspecified atom stereocenters. The van der Waals surface area contributed by atoms with Crippen LogP contribution in [0.1, 0.15) is 104 Å². The van der Waals surface area contributed by atoms with Crippen molar-refractivity contribution in [3.63, 3.8) is 0 Å². The van der Waals surface area contributed by atoms with Crippen LogP contribution in [0.2, 0.25) is 0 Å². The van der Waals surface area contributed by atoms with Crippen molar-refractivity contribution in [1.82, 2.24) is 21.3 Å². The molecule has 0 saturated heterocycles. The van der Waals surface area contributed by atoms with Gasteiger partial charge in [-0.05, 0) is 156 Å². The van der Waals surface area contributed by atoms with Gasteiger partial charge < -0.3 is 48.1 Å². The van der Waals surface area contributed by atoms with Crippen LogP contribution in [-0.2, 0) is 9.59 Å². The molecule has 11 heteroatoms. The van der Waals surface area contributed by atoms with Gasteiger partial charge >= 0.3 is 0 Å². The standard InChI is InChI=1S/C36H68N6O5/c1-23(8-11-32(46)41-22-42-34(47)29(40-18-6-15-38)7-4-16-39-17-5-14-37)26-9-10-27-33-28(21-31(45)36(26,27)3)35(2)13-12-25(43)19-24(35)20-30(33)44/h23-31,33,39-40,43-45H,4-22,37-38H2,1-3H3,(H,41,46)(H,42,47). The highest BCUT2D eigenvalue weighted by Gasteiger charge is 2.65. The Hall–Kier alpha value is -1.34. The molecule has 2 amide bonds. The van der Waals surface area contributed by atoms with Crippen molar-refractivity contribution in [3.05, 3.63) is 0 Å². The normalized spacial score (nSPS) is 37.7. The van der Waals surface area contributed by atoms with E-state index in [9.17, 15) is 24.9 Å². The van der Waals surface area contributed by atoms with Crippen molar-refractivity contribution in [2.45, 2.75) is 129 Å². The van der Waals surface area contributed by atoms with Crippen LogP contribution >= 0.6 is 0 Å². The lowest BCUT2D eigenvalue weighted by Gasteiger charge is -2.63. The zero-order chi connectivity index (χ0) is 34.2. The van der Waals surface area contributed by atoms with Gasteiger partial charge in [0.05, 0.1) is 31.0 Å². The summed E-state index contributed by atoms with van der Waals surface area (Å²) < 4.78 is 0. The summed E-state index contributed by atoms with van der Waals surface area (Å²) in [6.45, 7) is 10.5. The van der Waals surface area contributed by atoms with Gasteiger partial charge in [-0.2, -0.15) is 0 Å². The number of nitrogens with one attached hydrogen (secondary N) is 4. The molecular weight excluding hydrogens is 596 g/mol. The second kappa shape index (κ2) is 17.5. The number of rotatable bonds is 18. The first kappa shape index (κ1) is 38.5. The Kier molecular flexibility index (Phi) is 14.4. The average Bonchev–Trinajstić information content (AvgIpc) is 3.40. The Balaban J connectivity index is 1.25. The number of amides is 2. The molecule has 0 aliphatic heterocycles. The van der Waals surface area contributed by atoms with Crippen molar-refractivity contribution in [1.29, 1.82) is 0 Å². The fourth-order valence-electron chi connectivity index (χ4n) is 10.6. The summed E-state index contributed by atoms with van der Waals surface area (Å²) in [6.07, 6.45) is 9.28. The zero-order valence-corrected chi connectivity index (χ0v) is 29.5. The number of aliphatic hydroxyl groups is 3. The minimum absolute atomic E-state index is 0.0604. The number of hydrogen-bond acceptors (Lipinski definition) is 9. The molecule has 4 aliphatic rings. The van der Waals surface area contributed by atoms with Gasteiger partial charge in [-0.3, -0.25) is 9.59 Å². The highest BCUT2D eigenvalue weighted by atomic mass is 16.3. The Morgan fingerprint density at radius 2 is 1.60 bits per heavy atom. The molecule has 272 valence electrons. The first-order valence-electron chi connectivity index (χ1n) is 18.9. The van der Waals surface area contributed by atoms with Crippen LogP contribution in [0.3, 0.4) is 0 Å². The van der Waals surface area contributed by atoms with Crippen LogP contribution in [0.15, 0.2) is 0 Å². The fourth-order valence-corrected chi connectivity index (χ4v) is 10.6. The number of carbonyl (C=O) groups is 2. The molecule has 0 bridgehead atoms. The maximum atomic E-state index is 12.9. The van der Waals surface area contributed by atoms with E-state index < -0.39 is 6.10 Å². The topological polar surface area (TPSA) is 195 Å². The average molecular weight is 665 g/mol. The summed E-state index contributed by atoms with van der Waals surface area (Å²) in [6, 6.07) is -0.340. The van der Waals surface area contributed by atoms with Gasteiger partial charge in [-0.25, -0.2) is 0 Å². The van der Waals surface area contributed by atoms with Crippen molar-refractivity contribution in [3.8, 4) is 0 Å². The lowest BCUT2D eigenvalue weighted by molar-refractivity contribution is -0.207. The molecule has 12 atom stereocenters. The molecule has 47 heavy (non-hydrogen) atoms. The Morgan fingerprint density at radius 3 is 2.34 bits per heavy atom. The lowest BCUT2D eigenvalue weighted by atomic mass is 9.43. The van der Waals surface area contributed by atoms with E-state index in [0.29, 0.717) is 51.2 Å². The van der Waals surface area contributed by atoms with Gasteiger partial charge in [0.2, 0.25) is 11.8 Å². The van der Waals surface area contributed by atoms with E-state index in [4.69, 9.17) is 11.5 Å². The van der Waals surface area contributed by atoms with Crippen molar-refractivity contribution in [2.75, 3.05) is 39.4 Å². The first-order valence-corrected chi connectivity index (χ1v) is 18.9. The third kappa shape index (κ3) is 8.88. The molecule has 11 N–H and O–H groups in total. The number of hydrogen-bond donors (Lipinski definition) is 9. The molecule has 0 radical (unpaired) electrons.